The van der Waals surface area contributed by atoms with Crippen molar-refractivity contribution < 1.29 is 9.53 Å². The second-order valence-corrected chi connectivity index (χ2v) is 6.87. The zero-order chi connectivity index (χ0) is 17.2. The molecule has 0 saturated carbocycles. The molecular weight excluding hydrogens is 316 g/mol. The molecule has 2 aliphatic rings. The van der Waals surface area contributed by atoms with Gasteiger partial charge in [-0.05, 0) is 25.3 Å². The minimum Gasteiger partial charge on any atom is -0.496 e. The molecule has 132 valence electrons. The fourth-order valence-corrected chi connectivity index (χ4v) is 3.99. The van der Waals surface area contributed by atoms with Crippen molar-refractivity contribution in [2.75, 3.05) is 20.2 Å². The van der Waals surface area contributed by atoms with Crippen LogP contribution in [-0.2, 0) is 24.2 Å². The highest BCUT2D eigenvalue weighted by atomic mass is 16.5. The number of para-hydroxylation sites is 1. The monoisotopic (exact) mass is 340 g/mol. The number of fused-ring (bicyclic) bond motifs is 1. The normalized spacial score (nSPS) is 17.6. The molecule has 0 spiro atoms. The molecule has 6 nitrogen and oxygen atoms in total. The second-order valence-electron chi connectivity index (χ2n) is 6.87. The van der Waals surface area contributed by atoms with Crippen molar-refractivity contribution in [2.45, 2.75) is 44.6 Å². The van der Waals surface area contributed by atoms with Crippen LogP contribution in [0.15, 0.2) is 24.3 Å². The standard InChI is InChI=1S/C19H24N4O2/c1-25-16-6-3-2-5-15(16)13-18(24)22-11-8-14(9-12-22)19-21-20-17-7-4-10-23(17)19/h2-3,5-6,14H,4,7-13H2,1H3. The van der Waals surface area contributed by atoms with Crippen LogP contribution in [0, 0.1) is 0 Å². The zero-order valence-corrected chi connectivity index (χ0v) is 14.6. The van der Waals surface area contributed by atoms with Crippen LogP contribution in [-0.4, -0.2) is 45.8 Å². The highest BCUT2D eigenvalue weighted by Gasteiger charge is 2.29. The smallest absolute Gasteiger partial charge is 0.227 e. The van der Waals surface area contributed by atoms with Gasteiger partial charge in [0.25, 0.3) is 0 Å². The van der Waals surface area contributed by atoms with E-state index in [1.807, 2.05) is 29.2 Å². The molecule has 1 aromatic carbocycles. The Morgan fingerprint density at radius 3 is 2.80 bits per heavy atom. The Labute approximate surface area is 147 Å². The molecular formula is C19H24N4O2. The number of hydrogen-bond donors (Lipinski definition) is 0. The highest BCUT2D eigenvalue weighted by molar-refractivity contribution is 5.79. The van der Waals surface area contributed by atoms with Crippen LogP contribution in [0.5, 0.6) is 5.75 Å². The number of rotatable bonds is 4. The number of hydrogen-bond acceptors (Lipinski definition) is 4. The molecule has 0 aliphatic carbocycles. The van der Waals surface area contributed by atoms with Crippen molar-refractivity contribution in [1.29, 1.82) is 0 Å². The first-order valence-corrected chi connectivity index (χ1v) is 9.08. The maximum atomic E-state index is 12.7. The summed E-state index contributed by atoms with van der Waals surface area (Å²) in [5.41, 5.74) is 0.951. The lowest BCUT2D eigenvalue weighted by Gasteiger charge is -2.31. The zero-order valence-electron chi connectivity index (χ0n) is 14.6. The summed E-state index contributed by atoms with van der Waals surface area (Å²) in [6.45, 7) is 2.63. The van der Waals surface area contributed by atoms with Gasteiger partial charge in [0, 0.05) is 37.5 Å². The number of piperidine rings is 1. The number of amides is 1. The minimum atomic E-state index is 0.175. The van der Waals surface area contributed by atoms with Gasteiger partial charge in [0.1, 0.15) is 17.4 Å². The molecule has 2 aliphatic heterocycles. The third-order valence-electron chi connectivity index (χ3n) is 5.39. The molecule has 2 aromatic rings. The van der Waals surface area contributed by atoms with E-state index >= 15 is 0 Å². The van der Waals surface area contributed by atoms with E-state index in [0.29, 0.717) is 12.3 Å². The Bertz CT molecular complexity index is 763. The van der Waals surface area contributed by atoms with Crippen LogP contribution in [0.25, 0.3) is 0 Å². The Balaban J connectivity index is 1.37. The molecule has 1 fully saturated rings. The van der Waals surface area contributed by atoms with E-state index in [9.17, 15) is 4.79 Å². The maximum absolute atomic E-state index is 12.7. The summed E-state index contributed by atoms with van der Waals surface area (Å²) in [5.74, 6) is 3.64. The SMILES string of the molecule is COc1ccccc1CC(=O)N1CCC(c2nnc3n2CCC3)CC1. The van der Waals surface area contributed by atoms with Crippen LogP contribution in [0.1, 0.15) is 42.4 Å². The second kappa shape index (κ2) is 6.86. The molecule has 3 heterocycles. The van der Waals surface area contributed by atoms with E-state index in [0.717, 1.165) is 61.9 Å². The molecule has 0 atom stereocenters. The summed E-state index contributed by atoms with van der Waals surface area (Å²) >= 11 is 0. The van der Waals surface area contributed by atoms with Crippen molar-refractivity contribution in [3.63, 3.8) is 0 Å². The van der Waals surface area contributed by atoms with Gasteiger partial charge in [-0.3, -0.25) is 4.79 Å². The van der Waals surface area contributed by atoms with Crippen LogP contribution in [0.4, 0.5) is 0 Å². The number of aromatic nitrogens is 3. The third kappa shape index (κ3) is 3.13. The summed E-state index contributed by atoms with van der Waals surface area (Å²) in [7, 11) is 1.64. The minimum absolute atomic E-state index is 0.175. The lowest BCUT2D eigenvalue weighted by Crippen LogP contribution is -2.39. The molecule has 1 saturated heterocycles. The molecule has 6 heteroatoms. The van der Waals surface area contributed by atoms with Gasteiger partial charge >= 0.3 is 0 Å². The summed E-state index contributed by atoms with van der Waals surface area (Å²) in [6.07, 6.45) is 4.55. The van der Waals surface area contributed by atoms with Gasteiger partial charge in [0.2, 0.25) is 5.91 Å². The molecule has 1 aromatic heterocycles. The van der Waals surface area contributed by atoms with E-state index < -0.39 is 0 Å². The number of carbonyl (C=O) groups is 1. The van der Waals surface area contributed by atoms with Crippen LogP contribution >= 0.6 is 0 Å². The number of methoxy groups -OCH3 is 1. The number of likely N-dealkylation sites (tertiary alicyclic amines) is 1. The number of aryl methyl sites for hydroxylation is 1. The first kappa shape index (κ1) is 16.1. The van der Waals surface area contributed by atoms with E-state index in [-0.39, 0.29) is 5.91 Å². The van der Waals surface area contributed by atoms with E-state index in [4.69, 9.17) is 4.74 Å². The third-order valence-corrected chi connectivity index (χ3v) is 5.39. The molecule has 0 radical (unpaired) electrons. The number of ether oxygens (including phenoxy) is 1. The molecule has 25 heavy (non-hydrogen) atoms. The fraction of sp³-hybridized carbons (Fsp3) is 0.526. The first-order valence-electron chi connectivity index (χ1n) is 9.08. The van der Waals surface area contributed by atoms with Crippen molar-refractivity contribution in [2.24, 2.45) is 0 Å². The summed E-state index contributed by atoms with van der Waals surface area (Å²) in [4.78, 5) is 14.6. The molecule has 0 N–H and O–H groups in total. The Hall–Kier alpha value is -2.37. The predicted octanol–water partition coefficient (Wildman–Crippen LogP) is 2.18. The number of benzene rings is 1. The van der Waals surface area contributed by atoms with Gasteiger partial charge in [0.15, 0.2) is 0 Å². The van der Waals surface area contributed by atoms with Crippen molar-refractivity contribution in [3.05, 3.63) is 41.5 Å². The van der Waals surface area contributed by atoms with Gasteiger partial charge in [-0.1, -0.05) is 18.2 Å². The largest absolute Gasteiger partial charge is 0.496 e. The maximum Gasteiger partial charge on any atom is 0.227 e. The number of carbonyl (C=O) groups excluding carboxylic acids is 1. The average Bonchev–Trinajstić information content (AvgIpc) is 3.26. The van der Waals surface area contributed by atoms with Gasteiger partial charge < -0.3 is 14.2 Å². The highest BCUT2D eigenvalue weighted by Crippen LogP contribution is 2.30. The van der Waals surface area contributed by atoms with Crippen molar-refractivity contribution >= 4 is 5.91 Å². The Morgan fingerprint density at radius 1 is 1.20 bits per heavy atom. The Morgan fingerprint density at radius 2 is 2.00 bits per heavy atom. The summed E-state index contributed by atoms with van der Waals surface area (Å²) < 4.78 is 7.64. The summed E-state index contributed by atoms with van der Waals surface area (Å²) in [6, 6.07) is 7.74. The fourth-order valence-electron chi connectivity index (χ4n) is 3.99. The molecule has 0 bridgehead atoms. The predicted molar refractivity (Wildman–Crippen MR) is 93.6 cm³/mol. The Kier molecular flexibility index (Phi) is 4.42. The molecule has 4 rings (SSSR count). The molecule has 1 amide bonds. The lowest BCUT2D eigenvalue weighted by atomic mass is 9.95. The first-order chi connectivity index (χ1) is 12.3. The lowest BCUT2D eigenvalue weighted by molar-refractivity contribution is -0.131. The van der Waals surface area contributed by atoms with Crippen LogP contribution in [0.3, 0.4) is 0 Å². The summed E-state index contributed by atoms with van der Waals surface area (Å²) in [5, 5.41) is 8.73. The molecule has 0 unspecified atom stereocenters. The topological polar surface area (TPSA) is 60.2 Å². The van der Waals surface area contributed by atoms with E-state index in [2.05, 4.69) is 14.8 Å². The van der Waals surface area contributed by atoms with E-state index in [1.54, 1.807) is 7.11 Å². The van der Waals surface area contributed by atoms with Gasteiger partial charge in [-0.2, -0.15) is 0 Å². The van der Waals surface area contributed by atoms with Gasteiger partial charge in [-0.15, -0.1) is 10.2 Å². The van der Waals surface area contributed by atoms with Crippen LogP contribution in [0.2, 0.25) is 0 Å². The van der Waals surface area contributed by atoms with E-state index in [1.165, 1.54) is 6.42 Å². The van der Waals surface area contributed by atoms with Gasteiger partial charge in [-0.25, -0.2) is 0 Å². The average molecular weight is 340 g/mol. The van der Waals surface area contributed by atoms with Gasteiger partial charge in [0.05, 0.1) is 13.5 Å². The number of nitrogens with zero attached hydrogens (tertiary/aromatic N) is 4. The van der Waals surface area contributed by atoms with Crippen LogP contribution < -0.4 is 4.74 Å². The van der Waals surface area contributed by atoms with Crippen molar-refractivity contribution in [1.82, 2.24) is 19.7 Å². The van der Waals surface area contributed by atoms with Crippen molar-refractivity contribution in [3.8, 4) is 5.75 Å². The quantitative estimate of drug-likeness (QED) is 0.856.